The molecule has 0 saturated heterocycles. The number of benzene rings is 2. The van der Waals surface area contributed by atoms with Crippen molar-refractivity contribution in [2.24, 2.45) is 4.99 Å². The quantitative estimate of drug-likeness (QED) is 0.551. The van der Waals surface area contributed by atoms with Gasteiger partial charge in [-0.05, 0) is 56.1 Å². The Morgan fingerprint density at radius 1 is 1.03 bits per heavy atom. The van der Waals surface area contributed by atoms with Crippen LogP contribution in [0.15, 0.2) is 64.9 Å². The summed E-state index contributed by atoms with van der Waals surface area (Å²) in [6, 6.07) is 11.1. The minimum Gasteiger partial charge on any atom is -0.481 e. The number of amides is 1. The lowest BCUT2D eigenvalue weighted by Crippen LogP contribution is -2.51. The molecule has 1 aliphatic rings. The summed E-state index contributed by atoms with van der Waals surface area (Å²) in [7, 11) is 9.28. The van der Waals surface area contributed by atoms with E-state index in [1.54, 1.807) is 12.1 Å². The number of aliphatic carboxylic acids is 1. The third-order valence-electron chi connectivity index (χ3n) is 5.91. The minimum absolute atomic E-state index is 0.116. The van der Waals surface area contributed by atoms with E-state index in [1.165, 1.54) is 0 Å². The number of carboxylic acid groups (broad SMARTS) is 1. The summed E-state index contributed by atoms with van der Waals surface area (Å²) in [4.78, 5) is 34.4. The van der Waals surface area contributed by atoms with Gasteiger partial charge >= 0.3 is 12.1 Å². The topological polar surface area (TPSA) is 88.5 Å². The first-order valence-corrected chi connectivity index (χ1v) is 11.4. The number of carbonyl (C=O) groups excluding carboxylic acids is 1. The fourth-order valence-electron chi connectivity index (χ4n) is 4.21. The van der Waals surface area contributed by atoms with Crippen LogP contribution in [0.5, 0.6) is 0 Å². The Morgan fingerprint density at radius 2 is 1.62 bits per heavy atom. The van der Waals surface area contributed by atoms with Gasteiger partial charge in [0.2, 0.25) is 0 Å². The van der Waals surface area contributed by atoms with Gasteiger partial charge in [0, 0.05) is 44.4 Å². The van der Waals surface area contributed by atoms with Gasteiger partial charge in [-0.3, -0.25) is 14.5 Å². The summed E-state index contributed by atoms with van der Waals surface area (Å²) < 4.78 is 38.2. The van der Waals surface area contributed by atoms with Gasteiger partial charge < -0.3 is 20.2 Å². The summed E-state index contributed by atoms with van der Waals surface area (Å²) >= 11 is 0. The Morgan fingerprint density at radius 3 is 2.11 bits per heavy atom. The highest BCUT2D eigenvalue weighted by Gasteiger charge is 2.33. The normalized spacial score (nSPS) is 16.1. The van der Waals surface area contributed by atoms with Crippen LogP contribution in [-0.2, 0) is 17.4 Å². The van der Waals surface area contributed by atoms with Gasteiger partial charge in [-0.25, -0.2) is 4.99 Å². The van der Waals surface area contributed by atoms with Crippen molar-refractivity contribution in [2.75, 3.05) is 40.6 Å². The Labute approximate surface area is 213 Å². The minimum atomic E-state index is -4.46. The molecule has 2 aromatic carbocycles. The van der Waals surface area contributed by atoms with Gasteiger partial charge in [-0.1, -0.05) is 12.1 Å². The van der Waals surface area contributed by atoms with Crippen LogP contribution in [0.1, 0.15) is 27.9 Å². The highest BCUT2D eigenvalue weighted by Crippen LogP contribution is 2.30. The molecule has 0 bridgehead atoms. The predicted molar refractivity (Wildman–Crippen MR) is 135 cm³/mol. The van der Waals surface area contributed by atoms with E-state index in [9.17, 15) is 27.9 Å². The number of amidine groups is 1. The molecule has 2 N–H and O–H groups in total. The average molecular weight is 518 g/mol. The second-order valence-electron chi connectivity index (χ2n) is 9.19. The maximum absolute atomic E-state index is 12.7. The Bertz CT molecular complexity index is 1200. The van der Waals surface area contributed by atoms with Crippen molar-refractivity contribution in [3.63, 3.8) is 0 Å². The Hall–Kier alpha value is -3.86. The Kier molecular flexibility index (Phi) is 8.27. The van der Waals surface area contributed by atoms with Crippen molar-refractivity contribution in [1.29, 1.82) is 0 Å². The number of hydrogen-bond donors (Lipinski definition) is 2. The second-order valence-corrected chi connectivity index (χ2v) is 9.19. The molecule has 3 rings (SSSR count). The molecule has 1 atom stereocenters. The van der Waals surface area contributed by atoms with E-state index in [2.05, 4.69) is 5.32 Å². The summed E-state index contributed by atoms with van der Waals surface area (Å²) in [6.45, 7) is 0. The number of carbonyl (C=O) groups is 2. The van der Waals surface area contributed by atoms with Crippen molar-refractivity contribution in [3.05, 3.63) is 76.6 Å². The molecular weight excluding hydrogens is 487 g/mol. The van der Waals surface area contributed by atoms with Crippen molar-refractivity contribution in [2.45, 2.75) is 25.2 Å². The maximum atomic E-state index is 12.7. The number of rotatable bonds is 8. The van der Waals surface area contributed by atoms with Crippen LogP contribution < -0.4 is 5.32 Å². The van der Waals surface area contributed by atoms with Crippen molar-refractivity contribution < 1.29 is 27.9 Å². The molecule has 198 valence electrons. The number of halogens is 3. The first kappa shape index (κ1) is 27.7. The molecular formula is C26H30F3N5O3. The number of aliphatic imine (C=N–C) groups is 1. The molecule has 8 nitrogen and oxygen atoms in total. The van der Waals surface area contributed by atoms with Crippen LogP contribution in [0.4, 0.5) is 18.9 Å². The molecule has 1 heterocycles. The standard InChI is InChI=1S/C26H30F3N5O3/c1-32(2)23-20(15-22(35)36)25(33(3)4)34(5)21(31-23)14-16-6-12-19(13-7-16)30-24(37)17-8-10-18(11-9-17)26(27,28)29/h6-13,25H,14-15H2,1-5H3,(H,30,37)(H,35,36). The third-order valence-corrected chi connectivity index (χ3v) is 5.91. The number of nitrogens with one attached hydrogen (secondary N) is 1. The average Bonchev–Trinajstić information content (AvgIpc) is 2.80. The SMILES string of the molecule is CN(C)C1=C(CC(=O)O)C(N(C)C)N(C)C(Cc2ccc(NC(=O)c3ccc(C(F)(F)F)cc3)cc2)=N1. The van der Waals surface area contributed by atoms with Crippen molar-refractivity contribution in [3.8, 4) is 0 Å². The zero-order valence-electron chi connectivity index (χ0n) is 21.3. The zero-order chi connectivity index (χ0) is 27.5. The molecule has 1 amide bonds. The van der Waals surface area contributed by atoms with Crippen LogP contribution in [0.25, 0.3) is 0 Å². The van der Waals surface area contributed by atoms with E-state index in [4.69, 9.17) is 4.99 Å². The third kappa shape index (κ3) is 6.67. The lowest BCUT2D eigenvalue weighted by atomic mass is 10.0. The van der Waals surface area contributed by atoms with E-state index in [0.29, 0.717) is 23.5 Å². The predicted octanol–water partition coefficient (Wildman–Crippen LogP) is 3.98. The number of nitrogens with zero attached hydrogens (tertiary/aromatic N) is 4. The smallest absolute Gasteiger partial charge is 0.416 e. The lowest BCUT2D eigenvalue weighted by molar-refractivity contribution is -0.138. The monoisotopic (exact) mass is 517 g/mol. The second kappa shape index (κ2) is 11.0. The van der Waals surface area contributed by atoms with E-state index in [0.717, 1.165) is 35.7 Å². The summed E-state index contributed by atoms with van der Waals surface area (Å²) in [5, 5.41) is 12.1. The summed E-state index contributed by atoms with van der Waals surface area (Å²) in [6.07, 6.45) is -4.42. The van der Waals surface area contributed by atoms with Gasteiger partial charge in [-0.2, -0.15) is 13.2 Å². The van der Waals surface area contributed by atoms with Gasteiger partial charge in [0.15, 0.2) is 0 Å². The fraction of sp³-hybridized carbons (Fsp3) is 0.346. The first-order chi connectivity index (χ1) is 17.3. The van der Waals surface area contributed by atoms with Gasteiger partial charge in [0.05, 0.1) is 12.0 Å². The molecule has 0 aliphatic carbocycles. The molecule has 0 spiro atoms. The zero-order valence-corrected chi connectivity index (χ0v) is 21.3. The molecule has 0 aromatic heterocycles. The van der Waals surface area contributed by atoms with Gasteiger partial charge in [0.1, 0.15) is 17.8 Å². The summed E-state index contributed by atoms with van der Waals surface area (Å²) in [5.74, 6) is -0.0895. The van der Waals surface area contributed by atoms with E-state index in [1.807, 2.05) is 62.1 Å². The molecule has 0 fully saturated rings. The highest BCUT2D eigenvalue weighted by molar-refractivity contribution is 6.04. The maximum Gasteiger partial charge on any atom is 0.416 e. The van der Waals surface area contributed by atoms with Crippen LogP contribution in [0.2, 0.25) is 0 Å². The molecule has 2 aromatic rings. The number of carboxylic acids is 1. The van der Waals surface area contributed by atoms with E-state index >= 15 is 0 Å². The van der Waals surface area contributed by atoms with Crippen LogP contribution in [-0.4, -0.2) is 78.9 Å². The van der Waals surface area contributed by atoms with Crippen LogP contribution in [0.3, 0.4) is 0 Å². The Balaban J connectivity index is 1.77. The molecule has 1 aliphatic heterocycles. The van der Waals surface area contributed by atoms with E-state index < -0.39 is 23.6 Å². The molecule has 11 heteroatoms. The molecule has 0 radical (unpaired) electrons. The molecule has 0 saturated carbocycles. The van der Waals surface area contributed by atoms with Gasteiger partial charge in [0.25, 0.3) is 5.91 Å². The van der Waals surface area contributed by atoms with Crippen LogP contribution >= 0.6 is 0 Å². The fourth-order valence-corrected chi connectivity index (χ4v) is 4.21. The largest absolute Gasteiger partial charge is 0.481 e. The van der Waals surface area contributed by atoms with Crippen molar-refractivity contribution in [1.82, 2.24) is 14.7 Å². The highest BCUT2D eigenvalue weighted by atomic mass is 19.4. The number of anilines is 1. The first-order valence-electron chi connectivity index (χ1n) is 11.4. The number of likely N-dealkylation sites (N-methyl/N-ethyl adjacent to an activating group) is 2. The van der Waals surface area contributed by atoms with Crippen molar-refractivity contribution >= 4 is 23.4 Å². The molecule has 37 heavy (non-hydrogen) atoms. The lowest BCUT2D eigenvalue weighted by Gasteiger charge is -2.41. The molecule has 1 unspecified atom stereocenters. The van der Waals surface area contributed by atoms with Crippen LogP contribution in [0, 0.1) is 0 Å². The van der Waals surface area contributed by atoms with E-state index in [-0.39, 0.29) is 18.2 Å². The number of hydrogen-bond acceptors (Lipinski definition) is 6. The summed E-state index contributed by atoms with van der Waals surface area (Å²) in [5.41, 5.74) is 1.40. The number of alkyl halides is 3. The van der Waals surface area contributed by atoms with Gasteiger partial charge in [-0.15, -0.1) is 0 Å².